The average molecular weight is 286 g/mol. The van der Waals surface area contributed by atoms with Crippen molar-refractivity contribution in [2.75, 3.05) is 0 Å². The lowest BCUT2D eigenvalue weighted by molar-refractivity contribution is 0.0331. The van der Waals surface area contributed by atoms with Crippen molar-refractivity contribution in [1.82, 2.24) is 9.55 Å². The fourth-order valence-corrected chi connectivity index (χ4v) is 2.10. The fourth-order valence-electron chi connectivity index (χ4n) is 2.10. The van der Waals surface area contributed by atoms with E-state index in [1.54, 1.807) is 36.3 Å². The third-order valence-electron chi connectivity index (χ3n) is 3.17. The minimum Gasteiger partial charge on any atom is -0.458 e. The van der Waals surface area contributed by atoms with Crippen LogP contribution >= 0.6 is 0 Å². The Labute approximate surface area is 123 Å². The summed E-state index contributed by atoms with van der Waals surface area (Å²) in [6.45, 7) is 3.30. The van der Waals surface area contributed by atoms with E-state index in [1.165, 1.54) is 6.92 Å². The van der Waals surface area contributed by atoms with Crippen LogP contribution in [0.3, 0.4) is 0 Å². The molecule has 21 heavy (non-hydrogen) atoms. The van der Waals surface area contributed by atoms with Gasteiger partial charge in [0.25, 0.3) is 0 Å². The summed E-state index contributed by atoms with van der Waals surface area (Å²) < 4.78 is 7.02. The molecule has 0 N–H and O–H groups in total. The molecule has 2 aromatic rings. The maximum Gasteiger partial charge on any atom is 0.355 e. The highest BCUT2D eigenvalue weighted by Crippen LogP contribution is 2.12. The summed E-state index contributed by atoms with van der Waals surface area (Å²) in [5.74, 6) is -0.505. The van der Waals surface area contributed by atoms with Gasteiger partial charge in [0, 0.05) is 37.6 Å². The summed E-state index contributed by atoms with van der Waals surface area (Å²) in [6, 6.07) is 5.34. The molecule has 110 valence electrons. The van der Waals surface area contributed by atoms with Gasteiger partial charge in [0.1, 0.15) is 11.8 Å². The number of ketones is 1. The van der Waals surface area contributed by atoms with E-state index in [4.69, 9.17) is 4.74 Å². The maximum atomic E-state index is 12.1. The number of carbonyl (C=O) groups is 2. The summed E-state index contributed by atoms with van der Waals surface area (Å²) in [7, 11) is 1.72. The van der Waals surface area contributed by atoms with Gasteiger partial charge < -0.3 is 9.30 Å². The standard InChI is InChI=1S/C16H18N2O3/c1-11(7-13-5-4-6-17-9-13)21-16(20)15-8-14(12(2)19)10-18(15)3/h4-6,8-11H,7H2,1-3H3/t11-/m1/s1. The molecular formula is C16H18N2O3. The van der Waals surface area contributed by atoms with Gasteiger partial charge in [-0.25, -0.2) is 4.79 Å². The van der Waals surface area contributed by atoms with Crippen molar-refractivity contribution in [3.8, 4) is 0 Å². The SMILES string of the molecule is CC(=O)c1cc(C(=O)O[C@H](C)Cc2cccnc2)n(C)c1. The Kier molecular flexibility index (Phi) is 4.52. The van der Waals surface area contributed by atoms with Crippen LogP contribution in [0.15, 0.2) is 36.8 Å². The molecule has 0 amide bonds. The first kappa shape index (κ1) is 15.0. The van der Waals surface area contributed by atoms with Crippen LogP contribution in [0, 0.1) is 0 Å². The van der Waals surface area contributed by atoms with Crippen LogP contribution in [0.25, 0.3) is 0 Å². The minimum atomic E-state index is -0.429. The van der Waals surface area contributed by atoms with Gasteiger partial charge in [0.2, 0.25) is 0 Å². The minimum absolute atomic E-state index is 0.0759. The molecule has 2 aromatic heterocycles. The second-order valence-electron chi connectivity index (χ2n) is 5.06. The van der Waals surface area contributed by atoms with Gasteiger partial charge in [-0.1, -0.05) is 6.07 Å². The Morgan fingerprint density at radius 3 is 2.76 bits per heavy atom. The lowest BCUT2D eigenvalue weighted by Gasteiger charge is -2.13. The highest BCUT2D eigenvalue weighted by atomic mass is 16.5. The third-order valence-corrected chi connectivity index (χ3v) is 3.17. The lowest BCUT2D eigenvalue weighted by Crippen LogP contribution is -2.19. The zero-order valence-electron chi connectivity index (χ0n) is 12.4. The first-order chi connectivity index (χ1) is 9.97. The molecule has 5 heteroatoms. The van der Waals surface area contributed by atoms with E-state index in [1.807, 2.05) is 19.1 Å². The summed E-state index contributed by atoms with van der Waals surface area (Å²) in [5.41, 5.74) is 1.89. The number of Topliss-reactive ketones (excluding diaryl/α,β-unsaturated/α-hetero) is 1. The van der Waals surface area contributed by atoms with E-state index >= 15 is 0 Å². The number of rotatable bonds is 5. The lowest BCUT2D eigenvalue weighted by atomic mass is 10.1. The number of aromatic nitrogens is 2. The zero-order chi connectivity index (χ0) is 15.4. The number of hydrogen-bond acceptors (Lipinski definition) is 4. The van der Waals surface area contributed by atoms with Gasteiger partial charge in [0.05, 0.1) is 0 Å². The summed E-state index contributed by atoms with van der Waals surface area (Å²) >= 11 is 0. The van der Waals surface area contributed by atoms with Crippen LogP contribution in [-0.2, 0) is 18.2 Å². The van der Waals surface area contributed by atoms with E-state index in [9.17, 15) is 9.59 Å². The molecule has 1 atom stereocenters. The zero-order valence-corrected chi connectivity index (χ0v) is 12.4. The van der Waals surface area contributed by atoms with E-state index in [2.05, 4.69) is 4.98 Å². The van der Waals surface area contributed by atoms with Crippen molar-refractivity contribution in [2.24, 2.45) is 7.05 Å². The van der Waals surface area contributed by atoms with E-state index in [0.717, 1.165) is 5.56 Å². The van der Waals surface area contributed by atoms with Crippen LogP contribution in [0.5, 0.6) is 0 Å². The molecule has 2 rings (SSSR count). The molecular weight excluding hydrogens is 268 g/mol. The van der Waals surface area contributed by atoms with Gasteiger partial charge in [-0.05, 0) is 31.5 Å². The molecule has 0 aliphatic rings. The number of aryl methyl sites for hydroxylation is 1. The van der Waals surface area contributed by atoms with E-state index in [0.29, 0.717) is 17.7 Å². The number of nitrogens with zero attached hydrogens (tertiary/aromatic N) is 2. The monoisotopic (exact) mass is 286 g/mol. The predicted octanol–water partition coefficient (Wildman–Crippen LogP) is 2.41. The molecule has 0 aliphatic carbocycles. The third kappa shape index (κ3) is 3.78. The normalized spacial score (nSPS) is 12.0. The van der Waals surface area contributed by atoms with Gasteiger partial charge in [-0.3, -0.25) is 9.78 Å². The fraction of sp³-hybridized carbons (Fsp3) is 0.312. The molecule has 0 spiro atoms. The highest BCUT2D eigenvalue weighted by molar-refractivity contribution is 5.97. The number of carbonyl (C=O) groups excluding carboxylic acids is 2. The number of esters is 1. The smallest absolute Gasteiger partial charge is 0.355 e. The summed E-state index contributed by atoms with van der Waals surface area (Å²) in [4.78, 5) is 27.5. The highest BCUT2D eigenvalue weighted by Gasteiger charge is 2.17. The Morgan fingerprint density at radius 1 is 1.43 bits per heavy atom. The van der Waals surface area contributed by atoms with Crippen LogP contribution in [0.2, 0.25) is 0 Å². The topological polar surface area (TPSA) is 61.2 Å². The summed E-state index contributed by atoms with van der Waals surface area (Å²) in [6.07, 6.45) is 5.42. The second-order valence-corrected chi connectivity index (χ2v) is 5.06. The van der Waals surface area contributed by atoms with Crippen molar-refractivity contribution < 1.29 is 14.3 Å². The quantitative estimate of drug-likeness (QED) is 0.625. The van der Waals surface area contributed by atoms with Crippen molar-refractivity contribution in [2.45, 2.75) is 26.4 Å². The van der Waals surface area contributed by atoms with Crippen LogP contribution in [-0.4, -0.2) is 27.4 Å². The number of ether oxygens (including phenoxy) is 1. The van der Waals surface area contributed by atoms with Crippen molar-refractivity contribution in [1.29, 1.82) is 0 Å². The largest absolute Gasteiger partial charge is 0.458 e. The first-order valence-electron chi connectivity index (χ1n) is 6.74. The van der Waals surface area contributed by atoms with Crippen molar-refractivity contribution in [3.05, 3.63) is 53.6 Å². The average Bonchev–Trinajstić information content (AvgIpc) is 2.82. The Balaban J connectivity index is 2.02. The molecule has 0 aliphatic heterocycles. The molecule has 0 saturated carbocycles. The van der Waals surface area contributed by atoms with Crippen molar-refractivity contribution >= 4 is 11.8 Å². The molecule has 0 radical (unpaired) electrons. The van der Waals surface area contributed by atoms with Gasteiger partial charge in [0.15, 0.2) is 5.78 Å². The molecule has 0 bridgehead atoms. The molecule has 2 heterocycles. The van der Waals surface area contributed by atoms with E-state index < -0.39 is 5.97 Å². The predicted molar refractivity (Wildman–Crippen MR) is 78.2 cm³/mol. The van der Waals surface area contributed by atoms with Gasteiger partial charge in [-0.15, -0.1) is 0 Å². The second kappa shape index (κ2) is 6.35. The van der Waals surface area contributed by atoms with Crippen LogP contribution in [0.1, 0.15) is 40.3 Å². The van der Waals surface area contributed by atoms with Gasteiger partial charge >= 0.3 is 5.97 Å². The Bertz CT molecular complexity index is 647. The molecule has 5 nitrogen and oxygen atoms in total. The van der Waals surface area contributed by atoms with Crippen molar-refractivity contribution in [3.63, 3.8) is 0 Å². The summed E-state index contributed by atoms with van der Waals surface area (Å²) in [5, 5.41) is 0. The molecule has 0 aromatic carbocycles. The first-order valence-corrected chi connectivity index (χ1v) is 6.74. The van der Waals surface area contributed by atoms with E-state index in [-0.39, 0.29) is 11.9 Å². The molecule has 0 fully saturated rings. The Morgan fingerprint density at radius 2 is 2.19 bits per heavy atom. The van der Waals surface area contributed by atoms with Crippen LogP contribution < -0.4 is 0 Å². The Hall–Kier alpha value is -2.43. The number of hydrogen-bond donors (Lipinski definition) is 0. The van der Waals surface area contributed by atoms with Crippen LogP contribution in [0.4, 0.5) is 0 Å². The number of pyridine rings is 1. The van der Waals surface area contributed by atoms with Gasteiger partial charge in [-0.2, -0.15) is 0 Å². The molecule has 0 saturated heterocycles. The molecule has 0 unspecified atom stereocenters. The maximum absolute atomic E-state index is 12.1.